The average Bonchev–Trinajstić information content (AvgIpc) is 2.49. The van der Waals surface area contributed by atoms with Crippen LogP contribution in [0.4, 0.5) is 0 Å². The molecule has 2 rings (SSSR count). The van der Waals surface area contributed by atoms with E-state index in [-0.39, 0.29) is 11.6 Å². The Bertz CT molecular complexity index is 763. The lowest BCUT2D eigenvalue weighted by molar-refractivity contribution is 0.100. The normalized spacial score (nSPS) is 10.8. The maximum Gasteiger partial charge on any atom is 0.160 e. The molecule has 0 heterocycles. The molecule has 2 aromatic rings. The third-order valence-electron chi connectivity index (χ3n) is 3.54. The van der Waals surface area contributed by atoms with Crippen LogP contribution in [0.25, 0.3) is 0 Å². The summed E-state index contributed by atoms with van der Waals surface area (Å²) in [4.78, 5) is 24.9. The first-order valence-corrected chi connectivity index (χ1v) is 10.1. The van der Waals surface area contributed by atoms with Gasteiger partial charge in [-0.05, 0) is 63.1 Å². The molecular weight excluding hydrogens is 383 g/mol. The van der Waals surface area contributed by atoms with E-state index in [0.717, 1.165) is 20.9 Å². The first kappa shape index (κ1) is 19.4. The summed E-state index contributed by atoms with van der Waals surface area (Å²) in [6.07, 6.45) is 0. The van der Waals surface area contributed by atoms with Crippen molar-refractivity contribution in [1.82, 2.24) is 0 Å². The maximum absolute atomic E-state index is 11.6. The van der Waals surface area contributed by atoms with E-state index in [4.69, 9.17) is 23.2 Å². The van der Waals surface area contributed by atoms with Gasteiger partial charge in [0.1, 0.15) is 0 Å². The number of carbonyl (C=O) groups is 2. The fraction of sp³-hybridized carbons (Fsp3) is 0.222. The van der Waals surface area contributed by atoms with Crippen molar-refractivity contribution in [2.24, 2.45) is 0 Å². The monoisotopic (exact) mass is 398 g/mol. The zero-order chi connectivity index (χ0) is 18.0. The molecule has 2 nitrogen and oxygen atoms in total. The van der Waals surface area contributed by atoms with Crippen molar-refractivity contribution in [2.75, 3.05) is 0 Å². The standard InChI is InChI=1S/C18H16Cl2O2S2/c1-9-5-17(15(19)7-13(9)11(3)21)23-24-18-6-10(2)14(12(4)22)8-16(18)20/h5-8H,1-4H3. The fourth-order valence-corrected chi connectivity index (χ4v) is 5.39. The van der Waals surface area contributed by atoms with Crippen LogP contribution in [-0.4, -0.2) is 11.6 Å². The minimum absolute atomic E-state index is 0.00269. The highest BCUT2D eigenvalue weighted by Gasteiger charge is 2.13. The lowest BCUT2D eigenvalue weighted by Gasteiger charge is -2.11. The first-order chi connectivity index (χ1) is 11.2. The number of hydrogen-bond acceptors (Lipinski definition) is 4. The van der Waals surface area contributed by atoms with Crippen LogP contribution in [0, 0.1) is 13.8 Å². The van der Waals surface area contributed by atoms with Gasteiger partial charge in [-0.15, -0.1) is 0 Å². The van der Waals surface area contributed by atoms with E-state index in [9.17, 15) is 9.59 Å². The van der Waals surface area contributed by atoms with Crippen LogP contribution in [0.5, 0.6) is 0 Å². The van der Waals surface area contributed by atoms with Crippen LogP contribution in [-0.2, 0) is 0 Å². The van der Waals surface area contributed by atoms with Gasteiger partial charge in [0.05, 0.1) is 10.0 Å². The largest absolute Gasteiger partial charge is 0.295 e. The Morgan fingerprint density at radius 1 is 0.750 bits per heavy atom. The van der Waals surface area contributed by atoms with Crippen molar-refractivity contribution >= 4 is 56.4 Å². The quantitative estimate of drug-likeness (QED) is 0.408. The maximum atomic E-state index is 11.6. The zero-order valence-electron chi connectivity index (χ0n) is 13.7. The molecule has 0 atom stereocenters. The van der Waals surface area contributed by atoms with Crippen LogP contribution in [0.3, 0.4) is 0 Å². The van der Waals surface area contributed by atoms with Crippen molar-refractivity contribution < 1.29 is 9.59 Å². The van der Waals surface area contributed by atoms with E-state index in [1.165, 1.54) is 35.4 Å². The smallest absolute Gasteiger partial charge is 0.160 e. The number of halogens is 2. The van der Waals surface area contributed by atoms with Gasteiger partial charge in [0.25, 0.3) is 0 Å². The van der Waals surface area contributed by atoms with Crippen molar-refractivity contribution in [3.05, 3.63) is 56.6 Å². The Balaban J connectivity index is 2.26. The number of ketones is 2. The number of benzene rings is 2. The molecule has 0 saturated heterocycles. The number of carbonyl (C=O) groups excluding carboxylic acids is 2. The molecule has 0 bridgehead atoms. The van der Waals surface area contributed by atoms with Gasteiger partial charge in [-0.1, -0.05) is 44.8 Å². The van der Waals surface area contributed by atoms with Gasteiger partial charge in [-0.3, -0.25) is 9.59 Å². The molecular formula is C18H16Cl2O2S2. The third kappa shape index (κ3) is 4.37. The second kappa shape index (κ2) is 7.96. The van der Waals surface area contributed by atoms with Gasteiger partial charge in [-0.2, -0.15) is 0 Å². The van der Waals surface area contributed by atoms with E-state index in [1.54, 1.807) is 12.1 Å². The Hall–Kier alpha value is -0.940. The van der Waals surface area contributed by atoms with Gasteiger partial charge < -0.3 is 0 Å². The van der Waals surface area contributed by atoms with Gasteiger partial charge in [0.2, 0.25) is 0 Å². The van der Waals surface area contributed by atoms with Crippen molar-refractivity contribution in [1.29, 1.82) is 0 Å². The van der Waals surface area contributed by atoms with Crippen LogP contribution >= 0.6 is 44.8 Å². The molecule has 6 heteroatoms. The minimum atomic E-state index is -0.00269. The van der Waals surface area contributed by atoms with Crippen molar-refractivity contribution in [2.45, 2.75) is 37.5 Å². The van der Waals surface area contributed by atoms with Crippen LogP contribution in [0.2, 0.25) is 10.0 Å². The Morgan fingerprint density at radius 3 is 1.38 bits per heavy atom. The van der Waals surface area contributed by atoms with Crippen LogP contribution < -0.4 is 0 Å². The second-order valence-electron chi connectivity index (χ2n) is 5.47. The predicted molar refractivity (Wildman–Crippen MR) is 104 cm³/mol. The molecule has 0 saturated carbocycles. The Kier molecular flexibility index (Phi) is 6.43. The highest BCUT2D eigenvalue weighted by molar-refractivity contribution is 8.76. The summed E-state index contributed by atoms with van der Waals surface area (Å²) in [7, 11) is 2.95. The SMILES string of the molecule is CC(=O)c1cc(Cl)c(SSc2cc(C)c(C(C)=O)cc2Cl)cc1C. The summed E-state index contributed by atoms with van der Waals surface area (Å²) < 4.78 is 0. The average molecular weight is 399 g/mol. The lowest BCUT2D eigenvalue weighted by atomic mass is 10.1. The first-order valence-electron chi connectivity index (χ1n) is 7.17. The summed E-state index contributed by atoms with van der Waals surface area (Å²) in [6, 6.07) is 7.21. The van der Waals surface area contributed by atoms with Gasteiger partial charge in [-0.25, -0.2) is 0 Å². The van der Waals surface area contributed by atoms with Gasteiger partial charge in [0, 0.05) is 20.9 Å². The van der Waals surface area contributed by atoms with Gasteiger partial charge >= 0.3 is 0 Å². The van der Waals surface area contributed by atoms with E-state index in [0.29, 0.717) is 21.2 Å². The lowest BCUT2D eigenvalue weighted by Crippen LogP contribution is -1.97. The summed E-state index contributed by atoms with van der Waals surface area (Å²) in [5, 5.41) is 1.08. The summed E-state index contributed by atoms with van der Waals surface area (Å²) in [6.45, 7) is 6.83. The molecule has 24 heavy (non-hydrogen) atoms. The third-order valence-corrected chi connectivity index (χ3v) is 6.83. The van der Waals surface area contributed by atoms with Crippen molar-refractivity contribution in [3.8, 4) is 0 Å². The number of Topliss-reactive ketones (excluding diaryl/α,β-unsaturated/α-hetero) is 2. The molecule has 0 spiro atoms. The summed E-state index contributed by atoms with van der Waals surface area (Å²) in [5.74, 6) is -0.00538. The summed E-state index contributed by atoms with van der Waals surface area (Å²) >= 11 is 12.6. The van der Waals surface area contributed by atoms with Crippen molar-refractivity contribution in [3.63, 3.8) is 0 Å². The number of hydrogen-bond donors (Lipinski definition) is 0. The van der Waals surface area contributed by atoms with Crippen LogP contribution in [0.15, 0.2) is 34.1 Å². The molecule has 126 valence electrons. The van der Waals surface area contributed by atoms with Crippen LogP contribution in [0.1, 0.15) is 45.7 Å². The Morgan fingerprint density at radius 2 is 1.08 bits per heavy atom. The Labute approximate surface area is 159 Å². The highest BCUT2D eigenvalue weighted by atomic mass is 35.5. The molecule has 0 aromatic heterocycles. The number of aryl methyl sites for hydroxylation is 2. The van der Waals surface area contributed by atoms with E-state index in [1.807, 2.05) is 26.0 Å². The molecule has 0 fully saturated rings. The molecule has 0 aliphatic carbocycles. The van der Waals surface area contributed by atoms with E-state index < -0.39 is 0 Å². The fourth-order valence-electron chi connectivity index (χ4n) is 2.29. The van der Waals surface area contributed by atoms with E-state index >= 15 is 0 Å². The molecule has 0 unspecified atom stereocenters. The second-order valence-corrected chi connectivity index (χ2v) is 8.50. The molecule has 0 radical (unpaired) electrons. The molecule has 2 aromatic carbocycles. The molecule has 0 amide bonds. The minimum Gasteiger partial charge on any atom is -0.295 e. The van der Waals surface area contributed by atoms with Gasteiger partial charge in [0.15, 0.2) is 11.6 Å². The number of rotatable bonds is 5. The molecule has 0 aliphatic heterocycles. The highest BCUT2D eigenvalue weighted by Crippen LogP contribution is 2.44. The summed E-state index contributed by atoms with van der Waals surface area (Å²) in [5.41, 5.74) is 3.05. The topological polar surface area (TPSA) is 34.1 Å². The van der Waals surface area contributed by atoms with E-state index in [2.05, 4.69) is 0 Å². The molecule has 0 aliphatic rings. The zero-order valence-corrected chi connectivity index (χ0v) is 16.8. The predicted octanol–water partition coefficient (Wildman–Crippen LogP) is 6.81. The molecule has 0 N–H and O–H groups in total.